The fraction of sp³-hybridized carbons (Fsp3) is 0.600. The molecule has 0 saturated heterocycles. The van der Waals surface area contributed by atoms with Crippen molar-refractivity contribution >= 4 is 6.09 Å². The van der Waals surface area contributed by atoms with E-state index in [2.05, 4.69) is 10.3 Å². The Labute approximate surface area is 120 Å². The van der Waals surface area contributed by atoms with Gasteiger partial charge in [-0.15, -0.1) is 0 Å². The molecule has 112 valence electrons. The van der Waals surface area contributed by atoms with Gasteiger partial charge in [0, 0.05) is 30.4 Å². The molecular weight excluding hydrogens is 254 g/mol. The second-order valence-electron chi connectivity index (χ2n) is 6.26. The summed E-state index contributed by atoms with van der Waals surface area (Å²) in [6.07, 6.45) is 1.32. The third kappa shape index (κ3) is 4.49. The number of pyridine rings is 1. The summed E-state index contributed by atoms with van der Waals surface area (Å²) in [6.45, 7) is 10.3. The molecule has 1 aromatic heterocycles. The molecule has 3 N–H and O–H groups in total. The minimum atomic E-state index is -0.507. The van der Waals surface area contributed by atoms with Crippen molar-refractivity contribution in [1.29, 1.82) is 0 Å². The first-order valence-corrected chi connectivity index (χ1v) is 6.77. The maximum atomic E-state index is 11.7. The van der Waals surface area contributed by atoms with Gasteiger partial charge in [-0.3, -0.25) is 4.98 Å². The van der Waals surface area contributed by atoms with Gasteiger partial charge in [0.15, 0.2) is 0 Å². The van der Waals surface area contributed by atoms with Gasteiger partial charge >= 0.3 is 6.09 Å². The van der Waals surface area contributed by atoms with Crippen LogP contribution >= 0.6 is 0 Å². The molecule has 0 aliphatic carbocycles. The monoisotopic (exact) mass is 279 g/mol. The number of nitrogens with one attached hydrogen (secondary N) is 1. The summed E-state index contributed by atoms with van der Waals surface area (Å²) in [5, 5.41) is 2.79. The number of nitrogens with zero attached hydrogens (tertiary/aromatic N) is 1. The summed E-state index contributed by atoms with van der Waals surface area (Å²) < 4.78 is 5.24. The van der Waals surface area contributed by atoms with E-state index in [1.807, 2.05) is 46.8 Å². The zero-order valence-corrected chi connectivity index (χ0v) is 13.0. The standard InChI is InChI=1S/C15H25N3O2/c1-11-12(7-6-8-17-11)15(5,9-16)10-18-13(19)20-14(2,3)4/h6-8H,9-10,16H2,1-5H3,(H,18,19). The van der Waals surface area contributed by atoms with Crippen molar-refractivity contribution in [2.45, 2.75) is 45.6 Å². The number of ether oxygens (including phenoxy) is 1. The van der Waals surface area contributed by atoms with Gasteiger partial charge in [-0.05, 0) is 39.3 Å². The minimum Gasteiger partial charge on any atom is -0.444 e. The highest BCUT2D eigenvalue weighted by molar-refractivity contribution is 5.67. The second kappa shape index (κ2) is 6.22. The van der Waals surface area contributed by atoms with Crippen LogP contribution in [0.5, 0.6) is 0 Å². The Kier molecular flexibility index (Phi) is 5.11. The van der Waals surface area contributed by atoms with Gasteiger partial charge in [0.1, 0.15) is 5.60 Å². The first-order valence-electron chi connectivity index (χ1n) is 6.77. The van der Waals surface area contributed by atoms with E-state index in [4.69, 9.17) is 10.5 Å². The van der Waals surface area contributed by atoms with Gasteiger partial charge < -0.3 is 15.8 Å². The molecule has 0 radical (unpaired) electrons. The SMILES string of the molecule is Cc1ncccc1C(C)(CN)CNC(=O)OC(C)(C)C. The Morgan fingerprint density at radius 3 is 2.55 bits per heavy atom. The van der Waals surface area contributed by atoms with Gasteiger partial charge in [-0.25, -0.2) is 4.79 Å². The number of nitrogens with two attached hydrogens (primary N) is 1. The zero-order valence-electron chi connectivity index (χ0n) is 13.0. The number of rotatable bonds is 4. The average Bonchev–Trinajstić information content (AvgIpc) is 2.34. The maximum Gasteiger partial charge on any atom is 0.407 e. The van der Waals surface area contributed by atoms with Gasteiger partial charge in [0.2, 0.25) is 0 Å². The minimum absolute atomic E-state index is 0.366. The summed E-state index contributed by atoms with van der Waals surface area (Å²) in [7, 11) is 0. The quantitative estimate of drug-likeness (QED) is 0.885. The lowest BCUT2D eigenvalue weighted by atomic mass is 9.81. The van der Waals surface area contributed by atoms with Gasteiger partial charge in [-0.1, -0.05) is 13.0 Å². The van der Waals surface area contributed by atoms with E-state index in [0.717, 1.165) is 11.3 Å². The van der Waals surface area contributed by atoms with E-state index < -0.39 is 11.7 Å². The van der Waals surface area contributed by atoms with Crippen LogP contribution in [0.3, 0.4) is 0 Å². The number of hydrogen-bond donors (Lipinski definition) is 2. The van der Waals surface area contributed by atoms with Crippen LogP contribution in [-0.2, 0) is 10.2 Å². The average molecular weight is 279 g/mol. The van der Waals surface area contributed by atoms with E-state index in [1.165, 1.54) is 0 Å². The lowest BCUT2D eigenvalue weighted by Crippen LogP contribution is -2.45. The molecule has 0 bridgehead atoms. The molecule has 1 heterocycles. The number of carbonyl (C=O) groups excluding carboxylic acids is 1. The van der Waals surface area contributed by atoms with Crippen molar-refractivity contribution in [2.24, 2.45) is 5.73 Å². The Hall–Kier alpha value is -1.62. The molecule has 0 saturated carbocycles. The molecule has 5 nitrogen and oxygen atoms in total. The van der Waals surface area contributed by atoms with Crippen molar-refractivity contribution in [3.8, 4) is 0 Å². The fourth-order valence-corrected chi connectivity index (χ4v) is 1.98. The Bertz CT molecular complexity index is 468. The van der Waals surface area contributed by atoms with Crippen LogP contribution in [0.1, 0.15) is 39.0 Å². The van der Waals surface area contributed by atoms with Crippen molar-refractivity contribution in [3.05, 3.63) is 29.6 Å². The van der Waals surface area contributed by atoms with Crippen LogP contribution in [0, 0.1) is 6.92 Å². The molecule has 1 unspecified atom stereocenters. The highest BCUT2D eigenvalue weighted by atomic mass is 16.6. The highest BCUT2D eigenvalue weighted by Gasteiger charge is 2.28. The van der Waals surface area contributed by atoms with E-state index >= 15 is 0 Å². The maximum absolute atomic E-state index is 11.7. The zero-order chi connectivity index (χ0) is 15.4. The van der Waals surface area contributed by atoms with Gasteiger partial charge in [-0.2, -0.15) is 0 Å². The predicted molar refractivity (Wildman–Crippen MR) is 79.6 cm³/mol. The summed E-state index contributed by atoms with van der Waals surface area (Å²) in [6, 6.07) is 3.87. The number of carbonyl (C=O) groups is 1. The van der Waals surface area contributed by atoms with Crippen LogP contribution in [-0.4, -0.2) is 29.8 Å². The highest BCUT2D eigenvalue weighted by Crippen LogP contribution is 2.24. The normalized spacial score (nSPS) is 14.5. The predicted octanol–water partition coefficient (Wildman–Crippen LogP) is 2.13. The van der Waals surface area contributed by atoms with E-state index in [0.29, 0.717) is 13.1 Å². The van der Waals surface area contributed by atoms with Crippen LogP contribution in [0.4, 0.5) is 4.79 Å². The van der Waals surface area contributed by atoms with Gasteiger partial charge in [0.25, 0.3) is 0 Å². The third-order valence-corrected chi connectivity index (χ3v) is 3.13. The molecule has 0 aromatic carbocycles. The fourth-order valence-electron chi connectivity index (χ4n) is 1.98. The summed E-state index contributed by atoms with van der Waals surface area (Å²) in [5.74, 6) is 0. The van der Waals surface area contributed by atoms with E-state index in [-0.39, 0.29) is 5.41 Å². The molecule has 0 fully saturated rings. The Morgan fingerprint density at radius 1 is 1.40 bits per heavy atom. The molecule has 1 aromatic rings. The topological polar surface area (TPSA) is 77.2 Å². The van der Waals surface area contributed by atoms with Crippen LogP contribution in [0.2, 0.25) is 0 Å². The number of amides is 1. The van der Waals surface area contributed by atoms with Crippen molar-refractivity contribution in [3.63, 3.8) is 0 Å². The summed E-state index contributed by atoms with van der Waals surface area (Å²) in [5.41, 5.74) is 6.99. The second-order valence-corrected chi connectivity index (χ2v) is 6.26. The molecule has 1 rings (SSSR count). The molecule has 0 aliphatic heterocycles. The first-order chi connectivity index (χ1) is 9.18. The number of hydrogen-bond acceptors (Lipinski definition) is 4. The molecule has 1 atom stereocenters. The first kappa shape index (κ1) is 16.4. The molecular formula is C15H25N3O2. The van der Waals surface area contributed by atoms with Crippen molar-refractivity contribution < 1.29 is 9.53 Å². The number of aromatic nitrogens is 1. The number of alkyl carbamates (subject to hydrolysis) is 1. The lowest BCUT2D eigenvalue weighted by molar-refractivity contribution is 0.0516. The summed E-state index contributed by atoms with van der Waals surface area (Å²) in [4.78, 5) is 16.0. The van der Waals surface area contributed by atoms with E-state index in [1.54, 1.807) is 6.20 Å². The number of aryl methyl sites for hydroxylation is 1. The van der Waals surface area contributed by atoms with Crippen LogP contribution in [0.15, 0.2) is 18.3 Å². The van der Waals surface area contributed by atoms with Crippen LogP contribution < -0.4 is 11.1 Å². The molecule has 20 heavy (non-hydrogen) atoms. The third-order valence-electron chi connectivity index (χ3n) is 3.13. The summed E-state index contributed by atoms with van der Waals surface area (Å²) >= 11 is 0. The molecule has 5 heteroatoms. The Morgan fingerprint density at radius 2 is 2.05 bits per heavy atom. The van der Waals surface area contributed by atoms with E-state index in [9.17, 15) is 4.79 Å². The lowest BCUT2D eigenvalue weighted by Gasteiger charge is -2.30. The molecule has 1 amide bonds. The Balaban J connectivity index is 2.77. The van der Waals surface area contributed by atoms with Crippen LogP contribution in [0.25, 0.3) is 0 Å². The smallest absolute Gasteiger partial charge is 0.407 e. The van der Waals surface area contributed by atoms with Gasteiger partial charge in [0.05, 0.1) is 0 Å². The molecule has 0 spiro atoms. The van der Waals surface area contributed by atoms with Crippen molar-refractivity contribution in [1.82, 2.24) is 10.3 Å². The molecule has 0 aliphatic rings. The van der Waals surface area contributed by atoms with Crippen molar-refractivity contribution in [2.75, 3.05) is 13.1 Å². The largest absolute Gasteiger partial charge is 0.444 e.